The number of aromatic amines is 1. The van der Waals surface area contributed by atoms with Gasteiger partial charge in [0.05, 0.1) is 12.8 Å². The number of hydrogen-bond donors (Lipinski definition) is 1. The number of aryl methyl sites for hydroxylation is 1. The number of fused-ring (bicyclic) bond motifs is 1. The Morgan fingerprint density at radius 1 is 1.28 bits per heavy atom. The van der Waals surface area contributed by atoms with E-state index in [1.54, 1.807) is 0 Å². The Labute approximate surface area is 148 Å². The number of H-pyrrole nitrogens is 1. The van der Waals surface area contributed by atoms with Gasteiger partial charge < -0.3 is 9.72 Å². The molecule has 0 amide bonds. The summed E-state index contributed by atoms with van der Waals surface area (Å²) in [5, 5.41) is 5.70. The molecule has 5 heteroatoms. The van der Waals surface area contributed by atoms with E-state index in [-0.39, 0.29) is 0 Å². The van der Waals surface area contributed by atoms with Crippen molar-refractivity contribution in [2.75, 3.05) is 26.3 Å². The predicted octanol–water partition coefficient (Wildman–Crippen LogP) is 3.15. The second-order valence-electron chi connectivity index (χ2n) is 7.02. The van der Waals surface area contributed by atoms with E-state index >= 15 is 0 Å². The molecule has 0 aliphatic carbocycles. The Morgan fingerprint density at radius 3 is 3.00 bits per heavy atom. The van der Waals surface area contributed by atoms with E-state index in [0.717, 1.165) is 32.8 Å². The highest BCUT2D eigenvalue weighted by molar-refractivity contribution is 5.82. The van der Waals surface area contributed by atoms with Gasteiger partial charge in [0.1, 0.15) is 0 Å². The van der Waals surface area contributed by atoms with E-state index in [9.17, 15) is 0 Å². The molecule has 132 valence electrons. The van der Waals surface area contributed by atoms with Crippen LogP contribution >= 0.6 is 0 Å². The number of likely N-dealkylation sites (tertiary alicyclic amines) is 1. The van der Waals surface area contributed by atoms with Crippen molar-refractivity contribution in [2.24, 2.45) is 13.0 Å². The van der Waals surface area contributed by atoms with Crippen molar-refractivity contribution in [3.05, 3.63) is 54.0 Å². The van der Waals surface area contributed by atoms with Crippen molar-refractivity contribution in [1.82, 2.24) is 19.7 Å². The van der Waals surface area contributed by atoms with Crippen LogP contribution in [0, 0.1) is 5.92 Å². The van der Waals surface area contributed by atoms with Crippen LogP contribution in [-0.4, -0.2) is 46.0 Å². The van der Waals surface area contributed by atoms with Gasteiger partial charge in [-0.15, -0.1) is 0 Å². The van der Waals surface area contributed by atoms with E-state index in [2.05, 4.69) is 52.4 Å². The van der Waals surface area contributed by atoms with E-state index in [1.165, 1.54) is 22.0 Å². The van der Waals surface area contributed by atoms with Gasteiger partial charge in [0, 0.05) is 68.4 Å². The third-order valence-corrected chi connectivity index (χ3v) is 5.28. The van der Waals surface area contributed by atoms with Crippen molar-refractivity contribution >= 4 is 10.9 Å². The fraction of sp³-hybridized carbons (Fsp3) is 0.450. The van der Waals surface area contributed by atoms with E-state index in [0.29, 0.717) is 11.8 Å². The first-order valence-electron chi connectivity index (χ1n) is 9.08. The minimum atomic E-state index is 0.491. The molecule has 4 rings (SSSR count). The molecule has 1 aromatic carbocycles. The van der Waals surface area contributed by atoms with Gasteiger partial charge in [-0.25, -0.2) is 0 Å². The van der Waals surface area contributed by atoms with Crippen LogP contribution in [0.1, 0.15) is 24.0 Å². The van der Waals surface area contributed by atoms with Crippen molar-refractivity contribution in [2.45, 2.75) is 19.4 Å². The molecule has 1 saturated heterocycles. The molecule has 2 atom stereocenters. The summed E-state index contributed by atoms with van der Waals surface area (Å²) in [4.78, 5) is 5.87. The first kappa shape index (κ1) is 16.4. The fourth-order valence-electron chi connectivity index (χ4n) is 4.07. The Kier molecular flexibility index (Phi) is 4.59. The van der Waals surface area contributed by atoms with Crippen molar-refractivity contribution in [3.8, 4) is 0 Å². The average Bonchev–Trinajstić information content (AvgIpc) is 3.32. The smallest absolute Gasteiger partial charge is 0.0525 e. The molecule has 1 aliphatic rings. The van der Waals surface area contributed by atoms with Crippen LogP contribution in [0.2, 0.25) is 0 Å². The molecule has 2 aromatic heterocycles. The topological polar surface area (TPSA) is 46.1 Å². The van der Waals surface area contributed by atoms with Crippen LogP contribution < -0.4 is 0 Å². The molecular formula is C20H26N4O. The van der Waals surface area contributed by atoms with Crippen LogP contribution in [0.3, 0.4) is 0 Å². The van der Waals surface area contributed by atoms with Gasteiger partial charge in [0.15, 0.2) is 0 Å². The lowest BCUT2D eigenvalue weighted by atomic mass is 9.92. The predicted molar refractivity (Wildman–Crippen MR) is 99.5 cm³/mol. The van der Waals surface area contributed by atoms with Crippen molar-refractivity contribution < 1.29 is 4.74 Å². The summed E-state index contributed by atoms with van der Waals surface area (Å²) in [7, 11) is 1.99. The summed E-state index contributed by atoms with van der Waals surface area (Å²) in [6.45, 7) is 6.78. The third-order valence-electron chi connectivity index (χ3n) is 5.28. The maximum absolute atomic E-state index is 5.77. The number of rotatable bonds is 6. The van der Waals surface area contributed by atoms with Gasteiger partial charge in [-0.2, -0.15) is 5.10 Å². The Balaban J connectivity index is 1.53. The van der Waals surface area contributed by atoms with Gasteiger partial charge >= 0.3 is 0 Å². The van der Waals surface area contributed by atoms with E-state index in [1.807, 2.05) is 24.1 Å². The normalized spacial score (nSPS) is 21.4. The first-order chi connectivity index (χ1) is 12.2. The molecule has 5 nitrogen and oxygen atoms in total. The maximum atomic E-state index is 5.77. The summed E-state index contributed by atoms with van der Waals surface area (Å²) < 4.78 is 7.67. The second-order valence-corrected chi connectivity index (χ2v) is 7.02. The molecule has 25 heavy (non-hydrogen) atoms. The number of nitrogens with zero attached hydrogens (tertiary/aromatic N) is 3. The van der Waals surface area contributed by atoms with Crippen molar-refractivity contribution in [3.63, 3.8) is 0 Å². The quantitative estimate of drug-likeness (QED) is 0.751. The lowest BCUT2D eigenvalue weighted by molar-refractivity contribution is 0.107. The highest BCUT2D eigenvalue weighted by atomic mass is 16.5. The summed E-state index contributed by atoms with van der Waals surface area (Å²) >= 11 is 0. The minimum Gasteiger partial charge on any atom is -0.381 e. The Hall–Kier alpha value is -2.11. The third kappa shape index (κ3) is 3.34. The van der Waals surface area contributed by atoms with E-state index in [4.69, 9.17) is 4.74 Å². The molecule has 0 unspecified atom stereocenters. The molecule has 0 saturated carbocycles. The Morgan fingerprint density at radius 2 is 2.20 bits per heavy atom. The maximum Gasteiger partial charge on any atom is 0.0525 e. The molecule has 1 fully saturated rings. The highest BCUT2D eigenvalue weighted by Gasteiger charge is 2.34. The minimum absolute atomic E-state index is 0.491. The molecule has 3 aromatic rings. The average molecular weight is 338 g/mol. The number of hydrogen-bond acceptors (Lipinski definition) is 3. The van der Waals surface area contributed by atoms with Gasteiger partial charge in [-0.05, 0) is 30.2 Å². The summed E-state index contributed by atoms with van der Waals surface area (Å²) in [6.07, 6.45) is 6.19. The molecule has 1 N–H and O–H groups in total. The lowest BCUT2D eigenvalue weighted by Gasteiger charge is -2.16. The molecule has 0 bridgehead atoms. The molecule has 0 radical (unpaired) electrons. The van der Waals surface area contributed by atoms with Crippen LogP contribution in [0.25, 0.3) is 10.9 Å². The van der Waals surface area contributed by atoms with E-state index < -0.39 is 0 Å². The van der Waals surface area contributed by atoms with Crippen LogP contribution in [0.5, 0.6) is 0 Å². The first-order valence-corrected chi connectivity index (χ1v) is 9.08. The SMILES string of the molecule is CCOC[C@@H]1CN(Cc2cccc3[nH]ccc23)C[C@H]1c1cnn(C)c1. The number of aromatic nitrogens is 3. The van der Waals surface area contributed by atoms with Gasteiger partial charge in [0.2, 0.25) is 0 Å². The molecule has 3 heterocycles. The number of nitrogens with one attached hydrogen (secondary N) is 1. The monoisotopic (exact) mass is 338 g/mol. The lowest BCUT2D eigenvalue weighted by Crippen LogP contribution is -2.21. The largest absolute Gasteiger partial charge is 0.381 e. The van der Waals surface area contributed by atoms with Crippen LogP contribution in [0.4, 0.5) is 0 Å². The molecule has 0 spiro atoms. The van der Waals surface area contributed by atoms with Gasteiger partial charge in [0.25, 0.3) is 0 Å². The number of benzene rings is 1. The zero-order chi connectivity index (χ0) is 17.2. The summed E-state index contributed by atoms with van der Waals surface area (Å²) in [5.41, 5.74) is 3.93. The molecular weight excluding hydrogens is 312 g/mol. The summed E-state index contributed by atoms with van der Waals surface area (Å²) in [5.74, 6) is 1.01. The Bertz CT molecular complexity index is 837. The standard InChI is InChI=1S/C20H26N4O/c1-3-25-14-17-12-24(13-19(17)16-9-22-23(2)10-16)11-15-5-4-6-20-18(15)7-8-21-20/h4-10,17,19,21H,3,11-14H2,1-2H3/t17-,19-/m0/s1. The summed E-state index contributed by atoms with van der Waals surface area (Å²) in [6, 6.07) is 8.70. The van der Waals surface area contributed by atoms with Crippen molar-refractivity contribution in [1.29, 1.82) is 0 Å². The number of ether oxygens (including phenoxy) is 1. The molecule has 1 aliphatic heterocycles. The second kappa shape index (κ2) is 7.02. The zero-order valence-corrected chi connectivity index (χ0v) is 15.0. The highest BCUT2D eigenvalue weighted by Crippen LogP contribution is 2.34. The van der Waals surface area contributed by atoms with Gasteiger partial charge in [-0.1, -0.05) is 12.1 Å². The zero-order valence-electron chi connectivity index (χ0n) is 15.0. The van der Waals surface area contributed by atoms with Gasteiger partial charge in [-0.3, -0.25) is 9.58 Å². The fourth-order valence-corrected chi connectivity index (χ4v) is 4.07. The van der Waals surface area contributed by atoms with Crippen LogP contribution in [0.15, 0.2) is 42.9 Å². The van der Waals surface area contributed by atoms with Crippen LogP contribution in [-0.2, 0) is 18.3 Å².